The first-order valence-electron chi connectivity index (χ1n) is 10.4. The second-order valence-corrected chi connectivity index (χ2v) is 10.4. The number of fused-ring (bicyclic) bond motifs is 2. The van der Waals surface area contributed by atoms with E-state index in [2.05, 4.69) is 20.4 Å². The first kappa shape index (κ1) is 17.9. The Morgan fingerprint density at radius 2 is 2.00 bits per heavy atom. The van der Waals surface area contributed by atoms with E-state index in [4.69, 9.17) is 9.47 Å². The molecule has 4 saturated carbocycles. The van der Waals surface area contributed by atoms with E-state index in [9.17, 15) is 14.7 Å². The molecule has 1 N–H and O–H groups in total. The molecule has 0 radical (unpaired) electrons. The molecule has 6 fully saturated rings. The lowest BCUT2D eigenvalue weighted by molar-refractivity contribution is -0.414. The van der Waals surface area contributed by atoms with Gasteiger partial charge in [-0.3, -0.25) is 9.59 Å². The third-order valence-electron chi connectivity index (χ3n) is 9.04. The molecule has 4 aliphatic carbocycles. The molecule has 0 unspecified atom stereocenters. The highest BCUT2D eigenvalue weighted by Crippen LogP contribution is 2.76. The fraction of sp³-hybridized carbons (Fsp3) is 0.818. The van der Waals surface area contributed by atoms with Crippen LogP contribution in [-0.2, 0) is 19.1 Å². The fourth-order valence-electron chi connectivity index (χ4n) is 8.13. The lowest BCUT2D eigenvalue weighted by Crippen LogP contribution is -2.78. The number of carbonyl (C=O) groups excluding carboxylic acids is 2. The van der Waals surface area contributed by atoms with Gasteiger partial charge in [-0.25, -0.2) is 0 Å². The van der Waals surface area contributed by atoms with Crippen LogP contribution in [0.25, 0.3) is 0 Å². The van der Waals surface area contributed by atoms with Crippen molar-refractivity contribution in [3.05, 3.63) is 12.2 Å². The van der Waals surface area contributed by atoms with Gasteiger partial charge in [0, 0.05) is 24.7 Å². The lowest BCUT2D eigenvalue weighted by Gasteiger charge is -2.72. The van der Waals surface area contributed by atoms with Crippen molar-refractivity contribution in [3.8, 4) is 0 Å². The minimum Gasteiger partial charge on any atom is -0.461 e. The molecule has 4 bridgehead atoms. The van der Waals surface area contributed by atoms with E-state index in [1.165, 1.54) is 6.92 Å². The van der Waals surface area contributed by atoms with Crippen molar-refractivity contribution in [2.45, 2.75) is 71.2 Å². The van der Waals surface area contributed by atoms with E-state index >= 15 is 0 Å². The van der Waals surface area contributed by atoms with Crippen LogP contribution in [0.5, 0.6) is 0 Å². The molecular formula is C22H30O5. The highest BCUT2D eigenvalue weighted by atomic mass is 16.6. The normalized spacial score (nSPS) is 52.3. The van der Waals surface area contributed by atoms with Gasteiger partial charge in [-0.2, -0.15) is 0 Å². The van der Waals surface area contributed by atoms with Crippen LogP contribution < -0.4 is 0 Å². The Bertz CT molecular complexity index is 756. The zero-order valence-electron chi connectivity index (χ0n) is 16.5. The molecule has 0 aromatic carbocycles. The Morgan fingerprint density at radius 1 is 1.26 bits per heavy atom. The SMILES string of the molecule is C=C1C(=O)[C@]23[C@H](OC(C)=O)[C@H]1CC[C@H]2[C@]12CCCC(C)(C)[C@H]1C[C@@]3(O)OC2. The molecule has 0 aromatic heterocycles. The largest absolute Gasteiger partial charge is 0.461 e. The van der Waals surface area contributed by atoms with Crippen LogP contribution in [0.2, 0.25) is 0 Å². The quantitative estimate of drug-likeness (QED) is 0.564. The summed E-state index contributed by atoms with van der Waals surface area (Å²) in [6, 6.07) is 0. The van der Waals surface area contributed by atoms with Crippen LogP contribution in [0.4, 0.5) is 0 Å². The average molecular weight is 374 g/mol. The Labute approximate surface area is 160 Å². The van der Waals surface area contributed by atoms with Gasteiger partial charge in [0.05, 0.1) is 6.61 Å². The standard InChI is InChI=1S/C22H30O5/c1-12-14-6-7-15-20-9-5-8-19(3,4)16(20)10-21(25,26-11-20)22(15,17(12)24)18(14)27-13(2)23/h14-16,18,25H,1,5-11H2,2-4H3/t14-,15-,16+,18+,20+,21+,22-/m0/s1. The van der Waals surface area contributed by atoms with Gasteiger partial charge < -0.3 is 14.6 Å². The van der Waals surface area contributed by atoms with Gasteiger partial charge in [0.25, 0.3) is 0 Å². The monoisotopic (exact) mass is 374 g/mol. The van der Waals surface area contributed by atoms with Gasteiger partial charge in [0.15, 0.2) is 11.6 Å². The van der Waals surface area contributed by atoms with Crippen molar-refractivity contribution < 1.29 is 24.2 Å². The molecule has 2 spiro atoms. The average Bonchev–Trinajstić information content (AvgIpc) is 2.71. The van der Waals surface area contributed by atoms with Crippen LogP contribution in [0.1, 0.15) is 59.3 Å². The third kappa shape index (κ3) is 1.79. The van der Waals surface area contributed by atoms with Gasteiger partial charge in [-0.15, -0.1) is 0 Å². The highest BCUT2D eigenvalue weighted by Gasteiger charge is 2.83. The summed E-state index contributed by atoms with van der Waals surface area (Å²) in [6.07, 6.45) is 4.70. The predicted octanol–water partition coefficient (Wildman–Crippen LogP) is 3.00. The van der Waals surface area contributed by atoms with Crippen molar-refractivity contribution in [2.75, 3.05) is 6.61 Å². The highest BCUT2D eigenvalue weighted by molar-refractivity contribution is 6.05. The fourth-order valence-corrected chi connectivity index (χ4v) is 8.13. The van der Waals surface area contributed by atoms with Gasteiger partial charge >= 0.3 is 5.97 Å². The summed E-state index contributed by atoms with van der Waals surface area (Å²) in [5, 5.41) is 11.9. The maximum atomic E-state index is 13.6. The summed E-state index contributed by atoms with van der Waals surface area (Å²) < 4.78 is 11.9. The number of aliphatic hydroxyl groups is 1. The lowest BCUT2D eigenvalue weighted by atomic mass is 9.37. The van der Waals surface area contributed by atoms with Crippen LogP contribution in [-0.4, -0.2) is 35.4 Å². The Balaban J connectivity index is 1.73. The van der Waals surface area contributed by atoms with Crippen LogP contribution >= 0.6 is 0 Å². The van der Waals surface area contributed by atoms with Crippen molar-refractivity contribution in [1.29, 1.82) is 0 Å². The van der Waals surface area contributed by atoms with E-state index in [1.807, 2.05) is 0 Å². The van der Waals surface area contributed by atoms with Crippen molar-refractivity contribution in [3.63, 3.8) is 0 Å². The minimum atomic E-state index is -1.58. The zero-order valence-corrected chi connectivity index (χ0v) is 16.5. The Kier molecular flexibility index (Phi) is 3.33. The number of hydrogen-bond donors (Lipinski definition) is 1. The van der Waals surface area contributed by atoms with Gasteiger partial charge in [-0.1, -0.05) is 26.8 Å². The molecular weight excluding hydrogens is 344 g/mol. The Morgan fingerprint density at radius 3 is 2.70 bits per heavy atom. The zero-order chi connectivity index (χ0) is 19.4. The Hall–Kier alpha value is -1.20. The molecule has 5 heteroatoms. The van der Waals surface area contributed by atoms with E-state index < -0.39 is 23.3 Å². The van der Waals surface area contributed by atoms with Crippen molar-refractivity contribution >= 4 is 11.8 Å². The van der Waals surface area contributed by atoms with Gasteiger partial charge in [-0.05, 0) is 48.5 Å². The number of rotatable bonds is 1. The second-order valence-electron chi connectivity index (χ2n) is 10.4. The summed E-state index contributed by atoms with van der Waals surface area (Å²) in [7, 11) is 0. The van der Waals surface area contributed by atoms with Crippen LogP contribution in [0.3, 0.4) is 0 Å². The summed E-state index contributed by atoms with van der Waals surface area (Å²) in [5.41, 5.74) is -0.697. The maximum Gasteiger partial charge on any atom is 0.302 e. The van der Waals surface area contributed by atoms with Gasteiger partial charge in [0.1, 0.15) is 11.5 Å². The topological polar surface area (TPSA) is 72.8 Å². The first-order valence-corrected chi connectivity index (χ1v) is 10.4. The van der Waals surface area contributed by atoms with E-state index in [0.717, 1.165) is 32.1 Å². The van der Waals surface area contributed by atoms with Crippen LogP contribution in [0, 0.1) is 34.0 Å². The molecule has 5 nitrogen and oxygen atoms in total. The molecule has 2 aliphatic heterocycles. The molecule has 2 heterocycles. The molecule has 27 heavy (non-hydrogen) atoms. The second kappa shape index (κ2) is 5.04. The number of ether oxygens (including phenoxy) is 2. The summed E-state index contributed by atoms with van der Waals surface area (Å²) in [4.78, 5) is 25.6. The molecule has 0 amide bonds. The molecule has 6 rings (SSSR count). The number of ketones is 1. The van der Waals surface area contributed by atoms with Gasteiger partial charge in [0.2, 0.25) is 0 Å². The minimum absolute atomic E-state index is 0.0191. The molecule has 6 aliphatic rings. The van der Waals surface area contributed by atoms with E-state index in [0.29, 0.717) is 24.5 Å². The number of hydrogen-bond acceptors (Lipinski definition) is 5. The number of carbonyl (C=O) groups is 2. The van der Waals surface area contributed by atoms with Crippen molar-refractivity contribution in [2.24, 2.45) is 34.0 Å². The molecule has 0 aromatic rings. The van der Waals surface area contributed by atoms with Crippen LogP contribution in [0.15, 0.2) is 12.2 Å². The van der Waals surface area contributed by atoms with E-state index in [-0.39, 0.29) is 28.4 Å². The summed E-state index contributed by atoms with van der Waals surface area (Å²) >= 11 is 0. The van der Waals surface area contributed by atoms with Crippen molar-refractivity contribution in [1.82, 2.24) is 0 Å². The third-order valence-corrected chi connectivity index (χ3v) is 9.04. The summed E-state index contributed by atoms with van der Waals surface area (Å²) in [5.74, 6) is -2.01. The number of Topliss-reactive ketones (excluding diaryl/α,β-unsaturated/α-hetero) is 1. The summed E-state index contributed by atoms with van der Waals surface area (Å²) in [6.45, 7) is 10.5. The first-order chi connectivity index (χ1) is 12.6. The predicted molar refractivity (Wildman–Crippen MR) is 97.4 cm³/mol. The molecule has 7 atom stereocenters. The van der Waals surface area contributed by atoms with E-state index in [1.54, 1.807) is 0 Å². The smallest absolute Gasteiger partial charge is 0.302 e. The molecule has 148 valence electrons. The number of esters is 1. The molecule has 2 saturated heterocycles. The maximum absolute atomic E-state index is 13.6.